The summed E-state index contributed by atoms with van der Waals surface area (Å²) in [5.41, 5.74) is 12.8. The molecule has 1 unspecified atom stereocenters. The fourth-order valence-electron chi connectivity index (χ4n) is 4.27. The van der Waals surface area contributed by atoms with Crippen LogP contribution >= 0.6 is 23.2 Å². The number of fused-ring (bicyclic) bond motifs is 1. The van der Waals surface area contributed by atoms with Gasteiger partial charge in [-0.15, -0.1) is 0 Å². The van der Waals surface area contributed by atoms with E-state index in [0.717, 1.165) is 6.07 Å². The molecule has 4 rings (SSSR count). The van der Waals surface area contributed by atoms with E-state index in [9.17, 15) is 22.2 Å². The van der Waals surface area contributed by atoms with Crippen LogP contribution in [0.25, 0.3) is 22.1 Å². The van der Waals surface area contributed by atoms with Crippen molar-refractivity contribution < 1.29 is 31.3 Å². The van der Waals surface area contributed by atoms with Crippen molar-refractivity contribution in [3.8, 4) is 16.9 Å². The van der Waals surface area contributed by atoms with Crippen LogP contribution in [0.15, 0.2) is 47.2 Å². The number of nitrogens with zero attached hydrogens (tertiary/aromatic N) is 1. The maximum absolute atomic E-state index is 14.1. The number of anilines is 1. The predicted molar refractivity (Wildman–Crippen MR) is 142 cm³/mol. The summed E-state index contributed by atoms with van der Waals surface area (Å²) in [5.74, 6) is -1.47. The Labute approximate surface area is 227 Å². The molecule has 2 atom stereocenters. The summed E-state index contributed by atoms with van der Waals surface area (Å²) in [7, 11) is -4.50. The van der Waals surface area contributed by atoms with Crippen LogP contribution in [0.4, 0.5) is 10.2 Å². The number of carbonyl (C=O) groups is 1. The molecule has 0 aliphatic rings. The summed E-state index contributed by atoms with van der Waals surface area (Å²) < 4.78 is 60.0. The highest BCUT2D eigenvalue weighted by atomic mass is 35.5. The first-order chi connectivity index (χ1) is 17.8. The highest BCUT2D eigenvalue weighted by Gasteiger charge is 2.29. The molecular formula is C25H22Cl2FN3O6S. The Morgan fingerprint density at radius 2 is 1.95 bits per heavy atom. The van der Waals surface area contributed by atoms with Gasteiger partial charge in [-0.25, -0.2) is 9.37 Å². The number of ether oxygens (including phenoxy) is 1. The standard InChI is InChI=1S/C25H22Cl2FN3O6S/c1-3-19(38(33,34)35)13-5-4-12(25(30)32)8-14(13)16-10-36-22-15(16)9-31-24(29)23(22)37-11(2)20-17(26)6-7-18(28)21(20)27/h4-11,19H,3H2,1-2H3,(H2,29,31)(H2,30,32)(H,33,34,35)/t11-,19?/m1/s1. The van der Waals surface area contributed by atoms with E-state index < -0.39 is 33.2 Å². The fraction of sp³-hybridized carbons (Fsp3) is 0.200. The molecule has 0 aliphatic carbocycles. The third kappa shape index (κ3) is 5.02. The number of pyridine rings is 1. The van der Waals surface area contributed by atoms with Crippen LogP contribution in [0.2, 0.25) is 10.0 Å². The van der Waals surface area contributed by atoms with Gasteiger partial charge in [0.1, 0.15) is 17.2 Å². The Morgan fingerprint density at radius 3 is 2.58 bits per heavy atom. The Hall–Kier alpha value is -3.38. The van der Waals surface area contributed by atoms with Crippen molar-refractivity contribution in [2.45, 2.75) is 31.6 Å². The van der Waals surface area contributed by atoms with Gasteiger partial charge in [-0.2, -0.15) is 8.42 Å². The van der Waals surface area contributed by atoms with Crippen molar-refractivity contribution in [1.29, 1.82) is 0 Å². The molecule has 0 aliphatic heterocycles. The maximum Gasteiger partial charge on any atom is 0.272 e. The Balaban J connectivity index is 1.90. The van der Waals surface area contributed by atoms with Crippen molar-refractivity contribution in [3.05, 3.63) is 75.3 Å². The highest BCUT2D eigenvalue weighted by molar-refractivity contribution is 7.86. The van der Waals surface area contributed by atoms with E-state index in [2.05, 4.69) is 4.98 Å². The normalized spacial score (nSPS) is 13.4. The monoisotopic (exact) mass is 581 g/mol. The summed E-state index contributed by atoms with van der Waals surface area (Å²) in [6.45, 7) is 3.18. The molecule has 200 valence electrons. The summed E-state index contributed by atoms with van der Waals surface area (Å²) in [5, 5.41) is -0.982. The number of aromatic nitrogens is 1. The molecule has 4 aromatic rings. The highest BCUT2D eigenvalue weighted by Crippen LogP contribution is 2.44. The van der Waals surface area contributed by atoms with Crippen LogP contribution in [-0.4, -0.2) is 23.9 Å². The van der Waals surface area contributed by atoms with Gasteiger partial charge in [0, 0.05) is 27.9 Å². The predicted octanol–water partition coefficient (Wildman–Crippen LogP) is 6.10. The smallest absolute Gasteiger partial charge is 0.272 e. The zero-order valence-corrected chi connectivity index (χ0v) is 22.4. The zero-order valence-electron chi connectivity index (χ0n) is 20.0. The van der Waals surface area contributed by atoms with E-state index in [1.54, 1.807) is 13.8 Å². The second-order valence-electron chi connectivity index (χ2n) is 8.46. The molecule has 1 amide bonds. The van der Waals surface area contributed by atoms with Gasteiger partial charge in [0.2, 0.25) is 11.7 Å². The number of rotatable bonds is 8. The molecule has 0 radical (unpaired) electrons. The maximum atomic E-state index is 14.1. The minimum atomic E-state index is -4.50. The van der Waals surface area contributed by atoms with Crippen molar-refractivity contribution in [2.75, 3.05) is 5.73 Å². The molecule has 5 N–H and O–H groups in total. The van der Waals surface area contributed by atoms with Gasteiger partial charge in [-0.3, -0.25) is 9.35 Å². The molecule has 2 aromatic heterocycles. The number of furan rings is 1. The molecule has 2 aromatic carbocycles. The Morgan fingerprint density at radius 1 is 1.24 bits per heavy atom. The first-order valence-electron chi connectivity index (χ1n) is 11.2. The second-order valence-corrected chi connectivity index (χ2v) is 10.8. The van der Waals surface area contributed by atoms with E-state index in [1.165, 1.54) is 36.7 Å². The van der Waals surface area contributed by atoms with Gasteiger partial charge in [0.05, 0.1) is 16.7 Å². The fourth-order valence-corrected chi connectivity index (χ4v) is 5.89. The van der Waals surface area contributed by atoms with Crippen LogP contribution < -0.4 is 16.2 Å². The number of nitrogens with two attached hydrogens (primary N) is 2. The van der Waals surface area contributed by atoms with Gasteiger partial charge in [-0.1, -0.05) is 36.2 Å². The lowest BCUT2D eigenvalue weighted by Crippen LogP contribution is -2.15. The van der Waals surface area contributed by atoms with E-state index in [-0.39, 0.29) is 55.9 Å². The number of hydrogen-bond donors (Lipinski definition) is 3. The average Bonchev–Trinajstić information content (AvgIpc) is 3.27. The Kier molecular flexibility index (Phi) is 7.57. The van der Waals surface area contributed by atoms with Gasteiger partial charge >= 0.3 is 0 Å². The zero-order chi connectivity index (χ0) is 27.9. The number of hydrogen-bond acceptors (Lipinski definition) is 7. The first-order valence-corrected chi connectivity index (χ1v) is 13.5. The lowest BCUT2D eigenvalue weighted by Gasteiger charge is -2.19. The topological polar surface area (TPSA) is 159 Å². The summed E-state index contributed by atoms with van der Waals surface area (Å²) >= 11 is 12.4. The molecule has 0 spiro atoms. The first kappa shape index (κ1) is 27.6. The van der Waals surface area contributed by atoms with Crippen molar-refractivity contribution >= 4 is 56.0 Å². The van der Waals surface area contributed by atoms with E-state index in [1.807, 2.05) is 0 Å². The average molecular weight is 582 g/mol. The third-order valence-corrected chi connectivity index (χ3v) is 8.11. The van der Waals surface area contributed by atoms with Crippen LogP contribution in [-0.2, 0) is 10.1 Å². The van der Waals surface area contributed by atoms with Crippen molar-refractivity contribution in [2.24, 2.45) is 5.73 Å². The number of carbonyl (C=O) groups excluding carboxylic acids is 1. The number of amides is 1. The third-order valence-electron chi connectivity index (χ3n) is 6.09. The van der Waals surface area contributed by atoms with Gasteiger partial charge in [0.15, 0.2) is 11.4 Å². The SMILES string of the molecule is CCC(c1ccc(C(N)=O)cc1-c1coc2c(O[C@H](C)c3c(Cl)ccc(F)c3Cl)c(N)ncc12)S(=O)(=O)O. The largest absolute Gasteiger partial charge is 0.478 e. The van der Waals surface area contributed by atoms with Crippen molar-refractivity contribution in [3.63, 3.8) is 0 Å². The van der Waals surface area contributed by atoms with Crippen LogP contribution in [0, 0.1) is 5.82 Å². The summed E-state index contributed by atoms with van der Waals surface area (Å²) in [6.07, 6.45) is 1.86. The second kappa shape index (κ2) is 10.4. The lowest BCUT2D eigenvalue weighted by molar-refractivity contribution is 0.1000. The summed E-state index contributed by atoms with van der Waals surface area (Å²) in [6, 6.07) is 6.66. The van der Waals surface area contributed by atoms with E-state index in [4.69, 9.17) is 43.8 Å². The van der Waals surface area contributed by atoms with Crippen LogP contribution in [0.1, 0.15) is 53.1 Å². The molecule has 38 heavy (non-hydrogen) atoms. The number of primary amides is 1. The molecule has 0 saturated carbocycles. The number of benzene rings is 2. The van der Waals surface area contributed by atoms with Crippen molar-refractivity contribution in [1.82, 2.24) is 4.98 Å². The Bertz CT molecular complexity index is 1680. The van der Waals surface area contributed by atoms with Gasteiger partial charge in [-0.05, 0) is 48.7 Å². The lowest BCUT2D eigenvalue weighted by atomic mass is 9.94. The minimum Gasteiger partial charge on any atom is -0.478 e. The van der Waals surface area contributed by atoms with Crippen LogP contribution in [0.3, 0.4) is 0 Å². The molecule has 0 saturated heterocycles. The van der Waals surface area contributed by atoms with Crippen LogP contribution in [0.5, 0.6) is 5.75 Å². The van der Waals surface area contributed by atoms with Gasteiger partial charge in [0.25, 0.3) is 10.1 Å². The molecular weight excluding hydrogens is 560 g/mol. The quantitative estimate of drug-likeness (QED) is 0.166. The van der Waals surface area contributed by atoms with E-state index >= 15 is 0 Å². The summed E-state index contributed by atoms with van der Waals surface area (Å²) in [4.78, 5) is 16.1. The molecule has 13 heteroatoms. The number of nitrogen functional groups attached to an aromatic ring is 1. The molecule has 0 bridgehead atoms. The molecule has 0 fully saturated rings. The number of halogens is 3. The minimum absolute atomic E-state index is 0.00655. The molecule has 2 heterocycles. The van der Waals surface area contributed by atoms with E-state index in [0.29, 0.717) is 10.9 Å². The molecule has 9 nitrogen and oxygen atoms in total. The van der Waals surface area contributed by atoms with Gasteiger partial charge < -0.3 is 20.6 Å².